The molecule has 1 N–H and O–H groups in total. The summed E-state index contributed by atoms with van der Waals surface area (Å²) in [6.45, 7) is 8.96. The molecular weight excluding hydrogens is 312 g/mol. The van der Waals surface area contributed by atoms with Crippen LogP contribution in [0.1, 0.15) is 46.5 Å². The molecule has 3 rings (SSSR count). The van der Waals surface area contributed by atoms with E-state index in [4.69, 9.17) is 4.98 Å². The van der Waals surface area contributed by atoms with Crippen LogP contribution in [0.15, 0.2) is 24.3 Å². The molecule has 25 heavy (non-hydrogen) atoms. The Hall–Kier alpha value is -2.04. The Morgan fingerprint density at radius 1 is 1.36 bits per heavy atom. The molecule has 1 saturated heterocycles. The first-order chi connectivity index (χ1) is 12.1. The molecular formula is C20H30N4O. The van der Waals surface area contributed by atoms with Crippen molar-refractivity contribution in [3.8, 4) is 0 Å². The number of carbonyl (C=O) groups is 1. The molecule has 5 nitrogen and oxygen atoms in total. The number of nitrogens with one attached hydrogen (secondary N) is 1. The number of imidazole rings is 1. The third kappa shape index (κ3) is 3.97. The van der Waals surface area contributed by atoms with Gasteiger partial charge in [-0.2, -0.15) is 0 Å². The second kappa shape index (κ2) is 7.89. The van der Waals surface area contributed by atoms with Crippen LogP contribution in [0.2, 0.25) is 0 Å². The third-order valence-corrected chi connectivity index (χ3v) is 4.88. The number of benzene rings is 1. The van der Waals surface area contributed by atoms with Crippen LogP contribution in [0.5, 0.6) is 0 Å². The van der Waals surface area contributed by atoms with E-state index < -0.39 is 0 Å². The lowest BCUT2D eigenvalue weighted by Crippen LogP contribution is -2.45. The molecule has 2 aromatic rings. The number of aromatic nitrogens is 2. The summed E-state index contributed by atoms with van der Waals surface area (Å²) >= 11 is 0. The molecule has 2 heterocycles. The van der Waals surface area contributed by atoms with Gasteiger partial charge < -0.3 is 14.8 Å². The molecule has 0 aliphatic carbocycles. The van der Waals surface area contributed by atoms with Crippen LogP contribution in [0.4, 0.5) is 5.95 Å². The highest BCUT2D eigenvalue weighted by atomic mass is 16.2. The molecule has 1 atom stereocenters. The number of aryl methyl sites for hydroxylation is 1. The van der Waals surface area contributed by atoms with Gasteiger partial charge in [0.25, 0.3) is 0 Å². The molecule has 0 spiro atoms. The standard InChI is InChI=1S/C20H30N4O/c1-4-5-13-24-18-11-7-6-10-17(18)22-20(24)23-12-8-9-16(14-23)19(25)21-15(2)3/h6-7,10-11,15-16H,4-5,8-9,12-14H2,1-3H3,(H,21,25)/t16-/m1/s1. The number of hydrogen-bond acceptors (Lipinski definition) is 3. The van der Waals surface area contributed by atoms with Crippen molar-refractivity contribution in [2.45, 2.75) is 59.0 Å². The predicted octanol–water partition coefficient (Wildman–Crippen LogP) is 3.58. The fraction of sp³-hybridized carbons (Fsp3) is 0.600. The van der Waals surface area contributed by atoms with Crippen LogP contribution < -0.4 is 10.2 Å². The maximum atomic E-state index is 12.4. The minimum atomic E-state index is 0.0515. The largest absolute Gasteiger partial charge is 0.354 e. The molecule has 5 heteroatoms. The molecule has 1 aromatic carbocycles. The Morgan fingerprint density at radius 3 is 2.92 bits per heavy atom. The van der Waals surface area contributed by atoms with E-state index in [1.165, 1.54) is 5.52 Å². The van der Waals surface area contributed by atoms with E-state index in [2.05, 4.69) is 39.9 Å². The van der Waals surface area contributed by atoms with E-state index in [-0.39, 0.29) is 17.9 Å². The van der Waals surface area contributed by atoms with Gasteiger partial charge in [-0.3, -0.25) is 4.79 Å². The average Bonchev–Trinajstić information content (AvgIpc) is 2.98. The summed E-state index contributed by atoms with van der Waals surface area (Å²) in [5.74, 6) is 1.25. The predicted molar refractivity (Wildman–Crippen MR) is 103 cm³/mol. The number of amides is 1. The Morgan fingerprint density at radius 2 is 2.16 bits per heavy atom. The summed E-state index contributed by atoms with van der Waals surface area (Å²) in [5.41, 5.74) is 2.24. The van der Waals surface area contributed by atoms with Gasteiger partial charge in [0.15, 0.2) is 0 Å². The van der Waals surface area contributed by atoms with Crippen LogP contribution >= 0.6 is 0 Å². The quantitative estimate of drug-likeness (QED) is 0.873. The van der Waals surface area contributed by atoms with Gasteiger partial charge >= 0.3 is 0 Å². The third-order valence-electron chi connectivity index (χ3n) is 4.88. The molecule has 0 radical (unpaired) electrons. The highest BCUT2D eigenvalue weighted by Gasteiger charge is 2.28. The number of carbonyl (C=O) groups excluding carboxylic acids is 1. The molecule has 1 amide bonds. The van der Waals surface area contributed by atoms with Gasteiger partial charge in [-0.25, -0.2) is 4.98 Å². The lowest BCUT2D eigenvalue weighted by Gasteiger charge is -2.33. The van der Waals surface area contributed by atoms with Crippen LogP contribution in [-0.2, 0) is 11.3 Å². The van der Waals surface area contributed by atoms with Crippen LogP contribution in [0.3, 0.4) is 0 Å². The summed E-state index contributed by atoms with van der Waals surface area (Å²) in [6.07, 6.45) is 4.29. The number of unbranched alkanes of at least 4 members (excludes halogenated alkanes) is 1. The first kappa shape index (κ1) is 17.8. The van der Waals surface area contributed by atoms with E-state index >= 15 is 0 Å². The highest BCUT2D eigenvalue weighted by Crippen LogP contribution is 2.27. The maximum Gasteiger partial charge on any atom is 0.225 e. The first-order valence-corrected chi connectivity index (χ1v) is 9.60. The van der Waals surface area contributed by atoms with Gasteiger partial charge in [0.1, 0.15) is 0 Å². The number of para-hydroxylation sites is 2. The Labute approximate surface area is 150 Å². The van der Waals surface area contributed by atoms with Crippen molar-refractivity contribution in [1.82, 2.24) is 14.9 Å². The second-order valence-corrected chi connectivity index (χ2v) is 7.35. The van der Waals surface area contributed by atoms with Crippen molar-refractivity contribution in [2.75, 3.05) is 18.0 Å². The Bertz CT molecular complexity index is 722. The number of fused-ring (bicyclic) bond motifs is 1. The lowest BCUT2D eigenvalue weighted by atomic mass is 9.97. The van der Waals surface area contributed by atoms with Gasteiger partial charge in [0, 0.05) is 25.7 Å². The zero-order valence-electron chi connectivity index (χ0n) is 15.7. The maximum absolute atomic E-state index is 12.4. The van der Waals surface area contributed by atoms with Crippen molar-refractivity contribution in [3.63, 3.8) is 0 Å². The fourth-order valence-electron chi connectivity index (χ4n) is 3.62. The number of piperidine rings is 1. The van der Waals surface area contributed by atoms with Crippen LogP contribution in [0.25, 0.3) is 11.0 Å². The van der Waals surface area contributed by atoms with Crippen molar-refractivity contribution in [1.29, 1.82) is 0 Å². The smallest absolute Gasteiger partial charge is 0.225 e. The van der Waals surface area contributed by atoms with Crippen molar-refractivity contribution in [3.05, 3.63) is 24.3 Å². The number of nitrogens with zero attached hydrogens (tertiary/aromatic N) is 3. The van der Waals surface area contributed by atoms with Gasteiger partial charge in [-0.1, -0.05) is 25.5 Å². The SMILES string of the molecule is CCCCn1c(N2CCC[C@@H](C(=O)NC(C)C)C2)nc2ccccc21. The molecule has 0 unspecified atom stereocenters. The van der Waals surface area contributed by atoms with Gasteiger partial charge in [-0.05, 0) is 45.2 Å². The van der Waals surface area contributed by atoms with Gasteiger partial charge in [0.05, 0.1) is 17.0 Å². The van der Waals surface area contributed by atoms with E-state index in [0.29, 0.717) is 0 Å². The van der Waals surface area contributed by atoms with Crippen molar-refractivity contribution >= 4 is 22.9 Å². The van der Waals surface area contributed by atoms with Gasteiger partial charge in [0.2, 0.25) is 11.9 Å². The van der Waals surface area contributed by atoms with Crippen molar-refractivity contribution < 1.29 is 4.79 Å². The van der Waals surface area contributed by atoms with Crippen LogP contribution in [0, 0.1) is 5.92 Å². The molecule has 1 aliphatic rings. The number of rotatable bonds is 6. The Balaban J connectivity index is 1.86. The zero-order valence-corrected chi connectivity index (χ0v) is 15.7. The van der Waals surface area contributed by atoms with E-state index in [9.17, 15) is 4.79 Å². The molecule has 0 bridgehead atoms. The molecule has 0 saturated carbocycles. The van der Waals surface area contributed by atoms with E-state index in [0.717, 1.165) is 56.8 Å². The monoisotopic (exact) mass is 342 g/mol. The molecule has 1 fully saturated rings. The summed E-state index contributed by atoms with van der Waals surface area (Å²) < 4.78 is 2.33. The average molecular weight is 342 g/mol. The number of anilines is 1. The van der Waals surface area contributed by atoms with E-state index in [1.807, 2.05) is 19.9 Å². The fourth-order valence-corrected chi connectivity index (χ4v) is 3.62. The zero-order chi connectivity index (χ0) is 17.8. The Kier molecular flexibility index (Phi) is 5.61. The second-order valence-electron chi connectivity index (χ2n) is 7.35. The minimum Gasteiger partial charge on any atom is -0.354 e. The highest BCUT2D eigenvalue weighted by molar-refractivity contribution is 5.81. The normalized spacial score (nSPS) is 18.1. The van der Waals surface area contributed by atoms with E-state index in [1.54, 1.807) is 0 Å². The minimum absolute atomic E-state index is 0.0515. The molecule has 136 valence electrons. The topological polar surface area (TPSA) is 50.2 Å². The summed E-state index contributed by atoms with van der Waals surface area (Å²) in [7, 11) is 0. The summed E-state index contributed by atoms with van der Waals surface area (Å²) in [4.78, 5) is 19.7. The van der Waals surface area contributed by atoms with Crippen molar-refractivity contribution in [2.24, 2.45) is 5.92 Å². The van der Waals surface area contributed by atoms with Gasteiger partial charge in [-0.15, -0.1) is 0 Å². The first-order valence-electron chi connectivity index (χ1n) is 9.60. The summed E-state index contributed by atoms with van der Waals surface area (Å²) in [5, 5.41) is 3.07. The number of hydrogen-bond donors (Lipinski definition) is 1. The van der Waals surface area contributed by atoms with Crippen LogP contribution in [-0.4, -0.2) is 34.6 Å². The molecule has 1 aliphatic heterocycles. The molecule has 1 aromatic heterocycles. The lowest BCUT2D eigenvalue weighted by molar-refractivity contribution is -0.125. The summed E-state index contributed by atoms with van der Waals surface area (Å²) in [6, 6.07) is 8.53.